The molecule has 0 aliphatic rings. The Morgan fingerprint density at radius 2 is 1.95 bits per heavy atom. The van der Waals surface area contributed by atoms with Crippen LogP contribution in [0.5, 0.6) is 0 Å². The van der Waals surface area contributed by atoms with E-state index in [0.717, 1.165) is 11.1 Å². The first-order chi connectivity index (χ1) is 10.2. The number of halogens is 3. The summed E-state index contributed by atoms with van der Waals surface area (Å²) in [7, 11) is -3.83. The molecule has 22 heavy (non-hydrogen) atoms. The second-order valence-corrected chi connectivity index (χ2v) is 7.40. The van der Waals surface area contributed by atoms with Crippen LogP contribution >= 0.6 is 11.3 Å². The number of hydrogen-bond acceptors (Lipinski definition) is 5. The molecule has 1 aromatic carbocycles. The van der Waals surface area contributed by atoms with E-state index in [1.807, 2.05) is 0 Å². The monoisotopic (exact) mass is 350 g/mol. The van der Waals surface area contributed by atoms with Gasteiger partial charge < -0.3 is 4.90 Å². The van der Waals surface area contributed by atoms with Gasteiger partial charge in [0.05, 0.1) is 15.6 Å². The fourth-order valence-electron chi connectivity index (χ4n) is 1.88. The maximum Gasteiger partial charge on any atom is 0.501 e. The molecule has 0 spiro atoms. The second-order valence-electron chi connectivity index (χ2n) is 4.51. The number of nitrogens with zero attached hydrogens (tertiary/aromatic N) is 2. The van der Waals surface area contributed by atoms with Crippen LogP contribution in [-0.2, 0) is 16.3 Å². The van der Waals surface area contributed by atoms with Crippen LogP contribution in [0.4, 0.5) is 18.9 Å². The largest absolute Gasteiger partial charge is 0.501 e. The molecule has 0 unspecified atom stereocenters. The minimum Gasteiger partial charge on any atom is -0.373 e. The summed E-state index contributed by atoms with van der Waals surface area (Å²) in [5.74, 6) is 0. The Kier molecular flexibility index (Phi) is 4.76. The molecule has 2 rings (SSSR count). The second kappa shape index (κ2) is 6.25. The summed E-state index contributed by atoms with van der Waals surface area (Å²) in [6.07, 6.45) is 2.16. The molecule has 0 radical (unpaired) electrons. The maximum absolute atomic E-state index is 12.8. The molecular formula is C13H13F3N2O2S2. The Balaban J connectivity index is 2.28. The van der Waals surface area contributed by atoms with Crippen LogP contribution in [-0.4, -0.2) is 32.5 Å². The van der Waals surface area contributed by atoms with E-state index in [1.165, 1.54) is 34.4 Å². The van der Waals surface area contributed by atoms with E-state index >= 15 is 0 Å². The van der Waals surface area contributed by atoms with Crippen molar-refractivity contribution in [2.75, 3.05) is 18.5 Å². The molecule has 0 amide bonds. The first-order valence-corrected chi connectivity index (χ1v) is 8.59. The van der Waals surface area contributed by atoms with E-state index in [0.29, 0.717) is 13.0 Å². The van der Waals surface area contributed by atoms with Crippen LogP contribution in [0.3, 0.4) is 0 Å². The number of alkyl halides is 3. The van der Waals surface area contributed by atoms with E-state index in [2.05, 4.69) is 4.98 Å². The highest BCUT2D eigenvalue weighted by molar-refractivity contribution is 7.92. The average Bonchev–Trinajstić information content (AvgIpc) is 2.97. The summed E-state index contributed by atoms with van der Waals surface area (Å²) in [6.45, 7) is 0.359. The average molecular weight is 350 g/mol. The number of para-hydroxylation sites is 1. The zero-order valence-corrected chi connectivity index (χ0v) is 13.2. The topological polar surface area (TPSA) is 50.3 Å². The third-order valence-corrected chi connectivity index (χ3v) is 5.39. The zero-order valence-electron chi connectivity index (χ0n) is 11.5. The Labute approximate surface area is 130 Å². The van der Waals surface area contributed by atoms with Crippen LogP contribution in [0.25, 0.3) is 0 Å². The van der Waals surface area contributed by atoms with Crippen molar-refractivity contribution in [2.24, 2.45) is 0 Å². The van der Waals surface area contributed by atoms with Crippen molar-refractivity contribution in [1.82, 2.24) is 4.98 Å². The van der Waals surface area contributed by atoms with Gasteiger partial charge >= 0.3 is 5.51 Å². The van der Waals surface area contributed by atoms with E-state index in [1.54, 1.807) is 18.6 Å². The molecule has 0 saturated carbocycles. The lowest BCUT2D eigenvalue weighted by atomic mass is 10.3. The number of aromatic nitrogens is 1. The van der Waals surface area contributed by atoms with Crippen molar-refractivity contribution in [3.05, 3.63) is 40.8 Å². The van der Waals surface area contributed by atoms with Gasteiger partial charge in [-0.15, -0.1) is 11.3 Å². The predicted octanol–water partition coefficient (Wildman–Crippen LogP) is 3.12. The van der Waals surface area contributed by atoms with Crippen molar-refractivity contribution in [1.29, 1.82) is 0 Å². The predicted molar refractivity (Wildman–Crippen MR) is 78.8 cm³/mol. The number of hydrogen-bond donors (Lipinski definition) is 0. The summed E-state index contributed by atoms with van der Waals surface area (Å²) in [4.78, 5) is 4.84. The van der Waals surface area contributed by atoms with Crippen molar-refractivity contribution in [3.8, 4) is 0 Å². The quantitative estimate of drug-likeness (QED) is 0.831. The standard InChI is InChI=1S/C13H13F3N2O2S2/c1-18(8-6-12-17-7-9-21-12)10-4-2-3-5-11(10)22(19,20)13(14,15)16/h2-5,7,9H,6,8H2,1H3. The highest BCUT2D eigenvalue weighted by Crippen LogP contribution is 2.35. The normalized spacial score (nSPS) is 12.4. The SMILES string of the molecule is CN(CCc1nccs1)c1ccccc1S(=O)(=O)C(F)(F)F. The van der Waals surface area contributed by atoms with Gasteiger partial charge in [0.2, 0.25) is 0 Å². The zero-order chi connectivity index (χ0) is 16.4. The van der Waals surface area contributed by atoms with E-state index in [-0.39, 0.29) is 5.69 Å². The Hall–Kier alpha value is -1.61. The molecule has 1 heterocycles. The summed E-state index contributed by atoms with van der Waals surface area (Å²) >= 11 is 1.44. The summed E-state index contributed by atoms with van der Waals surface area (Å²) in [5, 5.41) is 2.64. The smallest absolute Gasteiger partial charge is 0.373 e. The van der Waals surface area contributed by atoms with Crippen LogP contribution < -0.4 is 4.90 Å². The summed E-state index contributed by atoms with van der Waals surface area (Å²) < 4.78 is 61.6. The number of anilines is 1. The summed E-state index contributed by atoms with van der Waals surface area (Å²) in [5.41, 5.74) is -5.30. The number of rotatable bonds is 5. The molecule has 2 aromatic rings. The van der Waals surface area contributed by atoms with Gasteiger partial charge in [-0.05, 0) is 12.1 Å². The van der Waals surface area contributed by atoms with E-state index in [9.17, 15) is 21.6 Å². The fraction of sp³-hybridized carbons (Fsp3) is 0.308. The minimum atomic E-state index is -5.38. The van der Waals surface area contributed by atoms with Gasteiger partial charge in [0.1, 0.15) is 0 Å². The molecular weight excluding hydrogens is 337 g/mol. The van der Waals surface area contributed by atoms with Gasteiger partial charge in [-0.3, -0.25) is 0 Å². The highest BCUT2D eigenvalue weighted by atomic mass is 32.2. The Morgan fingerprint density at radius 1 is 1.27 bits per heavy atom. The maximum atomic E-state index is 12.8. The number of benzene rings is 1. The first-order valence-electron chi connectivity index (χ1n) is 6.23. The molecule has 0 aliphatic heterocycles. The van der Waals surface area contributed by atoms with Crippen LogP contribution in [0.1, 0.15) is 5.01 Å². The molecule has 0 N–H and O–H groups in total. The molecule has 0 saturated heterocycles. The first kappa shape index (κ1) is 16.8. The van der Waals surface area contributed by atoms with Gasteiger partial charge in [0.15, 0.2) is 0 Å². The van der Waals surface area contributed by atoms with Crippen molar-refractivity contribution in [3.63, 3.8) is 0 Å². The van der Waals surface area contributed by atoms with Gasteiger partial charge in [-0.1, -0.05) is 12.1 Å². The Morgan fingerprint density at radius 3 is 2.55 bits per heavy atom. The lowest BCUT2D eigenvalue weighted by Gasteiger charge is -2.22. The van der Waals surface area contributed by atoms with Gasteiger partial charge in [-0.25, -0.2) is 13.4 Å². The lowest BCUT2D eigenvalue weighted by Crippen LogP contribution is -2.27. The van der Waals surface area contributed by atoms with Gasteiger partial charge in [0, 0.05) is 31.6 Å². The molecule has 9 heteroatoms. The molecule has 1 aromatic heterocycles. The third-order valence-electron chi connectivity index (χ3n) is 3.02. The minimum absolute atomic E-state index is 0.0244. The molecule has 0 aliphatic carbocycles. The van der Waals surface area contributed by atoms with Crippen LogP contribution in [0.15, 0.2) is 40.7 Å². The van der Waals surface area contributed by atoms with Crippen molar-refractivity contribution in [2.45, 2.75) is 16.8 Å². The van der Waals surface area contributed by atoms with E-state index < -0.39 is 20.2 Å². The van der Waals surface area contributed by atoms with Gasteiger partial charge in [-0.2, -0.15) is 13.2 Å². The number of thiazole rings is 1. The Bertz CT molecular complexity index is 728. The van der Waals surface area contributed by atoms with E-state index in [4.69, 9.17) is 0 Å². The number of sulfone groups is 1. The summed E-state index contributed by atoms with van der Waals surface area (Å²) in [6, 6.07) is 5.11. The molecule has 0 fully saturated rings. The van der Waals surface area contributed by atoms with Crippen molar-refractivity contribution < 1.29 is 21.6 Å². The lowest BCUT2D eigenvalue weighted by molar-refractivity contribution is -0.0435. The van der Waals surface area contributed by atoms with Gasteiger partial charge in [0.25, 0.3) is 9.84 Å². The molecule has 4 nitrogen and oxygen atoms in total. The van der Waals surface area contributed by atoms with Crippen LogP contribution in [0, 0.1) is 0 Å². The third kappa shape index (κ3) is 3.41. The highest BCUT2D eigenvalue weighted by Gasteiger charge is 2.48. The molecule has 0 atom stereocenters. The fourth-order valence-corrected chi connectivity index (χ4v) is 3.50. The van der Waals surface area contributed by atoms with Crippen LogP contribution in [0.2, 0.25) is 0 Å². The van der Waals surface area contributed by atoms with Crippen molar-refractivity contribution >= 4 is 26.9 Å². The number of likely N-dealkylation sites (N-methyl/N-ethyl adjacent to an activating group) is 1. The molecule has 120 valence electrons. The molecule has 0 bridgehead atoms.